The van der Waals surface area contributed by atoms with Gasteiger partial charge in [-0.1, -0.05) is 6.92 Å². The van der Waals surface area contributed by atoms with Gasteiger partial charge in [-0.25, -0.2) is 14.0 Å². The van der Waals surface area contributed by atoms with Gasteiger partial charge < -0.3 is 15.3 Å². The Morgan fingerprint density at radius 3 is 2.60 bits per heavy atom. The molecule has 2 N–H and O–H groups in total. The van der Waals surface area contributed by atoms with Gasteiger partial charge in [0, 0.05) is 18.3 Å². The zero-order valence-electron chi connectivity index (χ0n) is 11.4. The Labute approximate surface area is 116 Å². The molecule has 0 spiro atoms. The number of nitrogens with one attached hydrogen (secondary N) is 1. The van der Waals surface area contributed by atoms with Crippen LogP contribution >= 0.6 is 0 Å². The molecule has 108 valence electrons. The van der Waals surface area contributed by atoms with E-state index >= 15 is 0 Å². The molecule has 2 atom stereocenters. The molecular weight excluding hydrogens is 263 g/mol. The molecule has 1 saturated heterocycles. The van der Waals surface area contributed by atoms with Crippen molar-refractivity contribution in [2.75, 3.05) is 11.9 Å². The predicted octanol–water partition coefficient (Wildman–Crippen LogP) is 2.79. The monoisotopic (exact) mass is 280 g/mol. The van der Waals surface area contributed by atoms with E-state index in [9.17, 15) is 14.0 Å². The number of rotatable bonds is 2. The first-order valence-electron chi connectivity index (χ1n) is 6.49. The molecule has 5 nitrogen and oxygen atoms in total. The zero-order chi connectivity index (χ0) is 14.9. The second-order valence-electron chi connectivity index (χ2n) is 5.27. The number of carbonyl (C=O) groups excluding carboxylic acids is 1. The maximum Gasteiger partial charge on any atom is 0.338 e. The summed E-state index contributed by atoms with van der Waals surface area (Å²) in [5.41, 5.74) is -0.157. The first kappa shape index (κ1) is 14.3. The largest absolute Gasteiger partial charge is 0.478 e. The molecule has 2 amide bonds. The van der Waals surface area contributed by atoms with Gasteiger partial charge in [0.2, 0.25) is 0 Å². The lowest BCUT2D eigenvalue weighted by atomic mass is 10.1. The SMILES string of the molecule is CC1CC(C)N(C(=O)Nc2ccc(C(=O)O)c(F)c2)C1. The number of aromatic carboxylic acids is 1. The normalized spacial score (nSPS) is 21.9. The highest BCUT2D eigenvalue weighted by molar-refractivity contribution is 5.92. The van der Waals surface area contributed by atoms with E-state index in [1.807, 2.05) is 6.92 Å². The van der Waals surface area contributed by atoms with E-state index in [1.54, 1.807) is 4.90 Å². The van der Waals surface area contributed by atoms with E-state index in [1.165, 1.54) is 6.07 Å². The summed E-state index contributed by atoms with van der Waals surface area (Å²) in [5, 5.41) is 11.3. The maximum atomic E-state index is 13.5. The fourth-order valence-corrected chi connectivity index (χ4v) is 2.54. The van der Waals surface area contributed by atoms with Crippen LogP contribution in [0.15, 0.2) is 18.2 Å². The van der Waals surface area contributed by atoms with Crippen molar-refractivity contribution >= 4 is 17.7 Å². The van der Waals surface area contributed by atoms with Gasteiger partial charge in [-0.2, -0.15) is 0 Å². The minimum absolute atomic E-state index is 0.146. The zero-order valence-corrected chi connectivity index (χ0v) is 11.4. The fraction of sp³-hybridized carbons (Fsp3) is 0.429. The topological polar surface area (TPSA) is 69.6 Å². The standard InChI is InChI=1S/C14H17FN2O3/c1-8-5-9(2)17(7-8)14(20)16-10-3-4-11(13(18)19)12(15)6-10/h3-4,6,8-9H,5,7H2,1-2H3,(H,16,20)(H,18,19). The van der Waals surface area contributed by atoms with Gasteiger partial charge in [0.1, 0.15) is 5.82 Å². The van der Waals surface area contributed by atoms with Gasteiger partial charge in [-0.3, -0.25) is 0 Å². The van der Waals surface area contributed by atoms with Crippen LogP contribution in [0.3, 0.4) is 0 Å². The molecule has 6 heteroatoms. The number of hydrogen-bond acceptors (Lipinski definition) is 2. The smallest absolute Gasteiger partial charge is 0.338 e. The molecule has 0 radical (unpaired) electrons. The number of carboxylic acid groups (broad SMARTS) is 1. The Kier molecular flexibility index (Phi) is 3.92. The van der Waals surface area contributed by atoms with Crippen molar-refractivity contribution < 1.29 is 19.1 Å². The average Bonchev–Trinajstić information content (AvgIpc) is 2.68. The number of urea groups is 1. The van der Waals surface area contributed by atoms with Gasteiger partial charge in [-0.05, 0) is 37.5 Å². The molecular formula is C14H17FN2O3. The molecule has 0 aromatic heterocycles. The van der Waals surface area contributed by atoms with Crippen molar-refractivity contribution in [2.45, 2.75) is 26.3 Å². The molecule has 1 aliphatic rings. The highest BCUT2D eigenvalue weighted by atomic mass is 19.1. The van der Waals surface area contributed by atoms with Crippen molar-refractivity contribution in [1.82, 2.24) is 4.90 Å². The summed E-state index contributed by atoms with van der Waals surface area (Å²) in [7, 11) is 0. The van der Waals surface area contributed by atoms with E-state index in [2.05, 4.69) is 12.2 Å². The van der Waals surface area contributed by atoms with E-state index < -0.39 is 17.3 Å². The lowest BCUT2D eigenvalue weighted by molar-refractivity contribution is 0.0692. The number of likely N-dealkylation sites (tertiary alicyclic amines) is 1. The van der Waals surface area contributed by atoms with Crippen molar-refractivity contribution in [3.63, 3.8) is 0 Å². The van der Waals surface area contributed by atoms with Crippen molar-refractivity contribution in [1.29, 1.82) is 0 Å². The Morgan fingerprint density at radius 2 is 2.10 bits per heavy atom. The van der Waals surface area contributed by atoms with Crippen LogP contribution < -0.4 is 5.32 Å². The summed E-state index contributed by atoms with van der Waals surface area (Å²) in [5.74, 6) is -1.75. The van der Waals surface area contributed by atoms with Gasteiger partial charge >= 0.3 is 12.0 Å². The van der Waals surface area contributed by atoms with Crippen LogP contribution in [0.4, 0.5) is 14.9 Å². The molecule has 2 rings (SSSR count). The van der Waals surface area contributed by atoms with Crippen LogP contribution in [0.5, 0.6) is 0 Å². The number of halogens is 1. The summed E-state index contributed by atoms with van der Waals surface area (Å²) in [6, 6.07) is 3.40. The minimum Gasteiger partial charge on any atom is -0.478 e. The number of hydrogen-bond donors (Lipinski definition) is 2. The van der Waals surface area contributed by atoms with Gasteiger partial charge in [0.15, 0.2) is 0 Å². The molecule has 0 saturated carbocycles. The number of benzene rings is 1. The molecule has 1 fully saturated rings. The lowest BCUT2D eigenvalue weighted by Crippen LogP contribution is -2.37. The highest BCUT2D eigenvalue weighted by Gasteiger charge is 2.29. The number of carbonyl (C=O) groups is 2. The predicted molar refractivity (Wildman–Crippen MR) is 72.3 cm³/mol. The molecule has 0 aliphatic carbocycles. The van der Waals surface area contributed by atoms with E-state index in [0.29, 0.717) is 12.5 Å². The van der Waals surface area contributed by atoms with E-state index in [4.69, 9.17) is 5.11 Å². The summed E-state index contributed by atoms with van der Waals surface area (Å²) >= 11 is 0. The number of anilines is 1. The first-order chi connectivity index (χ1) is 9.38. The molecule has 1 aromatic rings. The van der Waals surface area contributed by atoms with Crippen LogP contribution in [0, 0.1) is 11.7 Å². The molecule has 0 bridgehead atoms. The number of amides is 2. The number of nitrogens with zero attached hydrogens (tertiary/aromatic N) is 1. The van der Waals surface area contributed by atoms with Crippen LogP contribution in [0.1, 0.15) is 30.6 Å². The first-order valence-corrected chi connectivity index (χ1v) is 6.49. The summed E-state index contributed by atoms with van der Waals surface area (Å²) in [6.07, 6.45) is 0.944. The summed E-state index contributed by atoms with van der Waals surface area (Å²) < 4.78 is 13.5. The quantitative estimate of drug-likeness (QED) is 0.875. The summed E-state index contributed by atoms with van der Waals surface area (Å²) in [4.78, 5) is 24.5. The van der Waals surface area contributed by atoms with Crippen LogP contribution in [-0.2, 0) is 0 Å². The second-order valence-corrected chi connectivity index (χ2v) is 5.27. The summed E-state index contributed by atoms with van der Waals surface area (Å²) in [6.45, 7) is 4.71. The molecule has 1 heterocycles. The lowest BCUT2D eigenvalue weighted by Gasteiger charge is -2.22. The number of carboxylic acids is 1. The third-order valence-corrected chi connectivity index (χ3v) is 3.50. The molecule has 2 unspecified atom stereocenters. The average molecular weight is 280 g/mol. The molecule has 1 aromatic carbocycles. The van der Waals surface area contributed by atoms with Gasteiger partial charge in [-0.15, -0.1) is 0 Å². The van der Waals surface area contributed by atoms with Gasteiger partial charge in [0.25, 0.3) is 0 Å². The Hall–Kier alpha value is -2.11. The van der Waals surface area contributed by atoms with Gasteiger partial charge in [0.05, 0.1) is 5.56 Å². The van der Waals surface area contributed by atoms with Crippen LogP contribution in [0.2, 0.25) is 0 Å². The Balaban J connectivity index is 2.09. The van der Waals surface area contributed by atoms with E-state index in [0.717, 1.165) is 18.6 Å². The second kappa shape index (κ2) is 5.48. The van der Waals surface area contributed by atoms with Crippen molar-refractivity contribution in [3.05, 3.63) is 29.6 Å². The molecule has 1 aliphatic heterocycles. The van der Waals surface area contributed by atoms with Crippen LogP contribution in [-0.4, -0.2) is 34.6 Å². The highest BCUT2D eigenvalue weighted by Crippen LogP contribution is 2.23. The Bertz CT molecular complexity index is 547. The van der Waals surface area contributed by atoms with Crippen molar-refractivity contribution in [3.8, 4) is 0 Å². The minimum atomic E-state index is -1.33. The maximum absolute atomic E-state index is 13.5. The third kappa shape index (κ3) is 2.89. The third-order valence-electron chi connectivity index (χ3n) is 3.50. The van der Waals surface area contributed by atoms with Crippen LogP contribution in [0.25, 0.3) is 0 Å². The Morgan fingerprint density at radius 1 is 1.40 bits per heavy atom. The van der Waals surface area contributed by atoms with Crippen molar-refractivity contribution in [2.24, 2.45) is 5.92 Å². The fourth-order valence-electron chi connectivity index (χ4n) is 2.54. The molecule has 20 heavy (non-hydrogen) atoms. The van der Waals surface area contributed by atoms with E-state index in [-0.39, 0.29) is 17.8 Å².